The molecule has 1 saturated heterocycles. The van der Waals surface area contributed by atoms with Crippen molar-refractivity contribution < 1.29 is 32.3 Å². The van der Waals surface area contributed by atoms with Crippen LogP contribution < -0.4 is 20.3 Å². The predicted octanol–water partition coefficient (Wildman–Crippen LogP) is 2.55. The number of aromatic nitrogens is 2. The van der Waals surface area contributed by atoms with E-state index in [0.29, 0.717) is 24.0 Å². The van der Waals surface area contributed by atoms with E-state index in [1.54, 1.807) is 28.5 Å². The molecule has 3 rings (SSSR count). The van der Waals surface area contributed by atoms with E-state index in [1.807, 2.05) is 19.1 Å². The first kappa shape index (κ1) is 26.7. The number of rotatable bonds is 8. The molecule has 1 aromatic carbocycles. The summed E-state index contributed by atoms with van der Waals surface area (Å²) in [5.41, 5.74) is 0.832. The van der Waals surface area contributed by atoms with Gasteiger partial charge < -0.3 is 25.1 Å². The number of nitrogens with zero attached hydrogens (tertiary/aromatic N) is 4. The summed E-state index contributed by atoms with van der Waals surface area (Å²) in [6, 6.07) is 7.21. The van der Waals surface area contributed by atoms with E-state index in [1.165, 1.54) is 7.05 Å². The maximum absolute atomic E-state index is 12.9. The van der Waals surface area contributed by atoms with Crippen LogP contribution in [-0.4, -0.2) is 72.5 Å². The zero-order chi connectivity index (χ0) is 26.3. The Balaban J connectivity index is 1.93. The number of piperazine rings is 1. The van der Waals surface area contributed by atoms with Gasteiger partial charge in [-0.1, -0.05) is 18.1 Å². The normalized spacial score (nSPS) is 14.0. The summed E-state index contributed by atoms with van der Waals surface area (Å²) in [6.45, 7) is 4.54. The van der Waals surface area contributed by atoms with Gasteiger partial charge in [0.15, 0.2) is 11.5 Å². The third-order valence-electron chi connectivity index (χ3n) is 5.21. The highest BCUT2D eigenvalue weighted by Gasteiger charge is 2.43. The van der Waals surface area contributed by atoms with Gasteiger partial charge in [0.1, 0.15) is 5.75 Å². The van der Waals surface area contributed by atoms with Crippen molar-refractivity contribution >= 4 is 29.3 Å². The fraction of sp³-hybridized carbons (Fsp3) is 0.435. The number of hydroxylamine groups is 2. The number of anilines is 3. The summed E-state index contributed by atoms with van der Waals surface area (Å²) in [5.74, 6) is 4.30. The number of amides is 1. The fourth-order valence-electron chi connectivity index (χ4n) is 3.55. The highest BCUT2D eigenvalue weighted by Crippen LogP contribution is 2.32. The average Bonchev–Trinajstić information content (AvgIpc) is 3.21. The Labute approximate surface area is 206 Å². The molecule has 0 spiro atoms. The molecule has 36 heavy (non-hydrogen) atoms. The first-order valence-electron chi connectivity index (χ1n) is 11.2. The second-order valence-corrected chi connectivity index (χ2v) is 7.55. The number of ether oxygens (including phenoxy) is 1. The highest BCUT2D eigenvalue weighted by molar-refractivity contribution is 5.99. The third kappa shape index (κ3) is 6.19. The smallest absolute Gasteiger partial charge is 0.492 e. The Morgan fingerprint density at radius 3 is 2.47 bits per heavy atom. The second-order valence-electron chi connectivity index (χ2n) is 7.55. The first-order chi connectivity index (χ1) is 17.2. The molecule has 1 amide bonds. The van der Waals surface area contributed by atoms with E-state index in [4.69, 9.17) is 4.74 Å². The van der Waals surface area contributed by atoms with Crippen molar-refractivity contribution in [2.45, 2.75) is 26.6 Å². The summed E-state index contributed by atoms with van der Waals surface area (Å²) in [6.07, 6.45) is -5.08. The van der Waals surface area contributed by atoms with Gasteiger partial charge in [-0.3, -0.25) is 9.36 Å². The lowest BCUT2D eigenvalue weighted by atomic mass is 10.2. The predicted molar refractivity (Wildman–Crippen MR) is 126 cm³/mol. The van der Waals surface area contributed by atoms with Crippen molar-refractivity contribution in [3.63, 3.8) is 0 Å². The van der Waals surface area contributed by atoms with E-state index in [2.05, 4.69) is 32.3 Å². The minimum atomic E-state index is -5.08. The summed E-state index contributed by atoms with van der Waals surface area (Å²) in [7, 11) is 1.50. The zero-order valence-corrected chi connectivity index (χ0v) is 20.1. The van der Waals surface area contributed by atoms with Crippen LogP contribution in [0.15, 0.2) is 24.3 Å². The van der Waals surface area contributed by atoms with Gasteiger partial charge in [-0.25, -0.2) is 4.79 Å². The Hall–Kier alpha value is -3.92. The molecule has 0 aliphatic carbocycles. The van der Waals surface area contributed by atoms with Crippen molar-refractivity contribution in [1.82, 2.24) is 19.9 Å². The average molecular weight is 509 g/mol. The molecule has 194 valence electrons. The number of benzene rings is 1. The van der Waals surface area contributed by atoms with Gasteiger partial charge in [0.05, 0.1) is 31.9 Å². The number of carbonyl (C=O) groups is 2. The minimum absolute atomic E-state index is 0.0133. The number of nitrogens with one attached hydrogen (secondary N) is 2. The lowest BCUT2D eigenvalue weighted by molar-refractivity contribution is -0.239. The number of hydrogen-bond donors (Lipinski definition) is 2. The number of alkyl halides is 3. The van der Waals surface area contributed by atoms with E-state index < -0.39 is 18.1 Å². The van der Waals surface area contributed by atoms with Gasteiger partial charge in [0.2, 0.25) is 5.95 Å². The van der Waals surface area contributed by atoms with Crippen molar-refractivity contribution in [2.24, 2.45) is 0 Å². The van der Waals surface area contributed by atoms with Gasteiger partial charge in [-0.05, 0) is 26.0 Å². The standard InChI is InChI=1S/C23H27F3N6O4/c1-4-6-11-32-18(20(33)27-3)19(28-16-9-7-8-10-17(16)35-5-2)29-22(32)30-12-14-31(15-13-30)36-21(34)23(24,25)26/h7-10,28H,5,11-15H2,1-3H3,(H,27,33). The summed E-state index contributed by atoms with van der Waals surface area (Å²) in [5, 5.41) is 6.75. The van der Waals surface area contributed by atoms with Crippen LogP contribution in [0.1, 0.15) is 24.3 Å². The Morgan fingerprint density at radius 2 is 1.86 bits per heavy atom. The summed E-state index contributed by atoms with van der Waals surface area (Å²) < 4.78 is 44.9. The minimum Gasteiger partial charge on any atom is -0.492 e. The number of imidazole rings is 1. The van der Waals surface area contributed by atoms with Crippen LogP contribution >= 0.6 is 0 Å². The summed E-state index contributed by atoms with van der Waals surface area (Å²) in [4.78, 5) is 35.0. The fourth-order valence-corrected chi connectivity index (χ4v) is 3.55. The molecule has 1 aromatic heterocycles. The number of carbonyl (C=O) groups excluding carboxylic acids is 2. The molecular weight excluding hydrogens is 481 g/mol. The molecule has 0 unspecified atom stereocenters. The van der Waals surface area contributed by atoms with Gasteiger partial charge in [-0.15, -0.1) is 11.0 Å². The van der Waals surface area contributed by atoms with E-state index in [0.717, 1.165) is 5.06 Å². The van der Waals surface area contributed by atoms with Crippen LogP contribution in [0.4, 0.5) is 30.6 Å². The molecule has 13 heteroatoms. The van der Waals surface area contributed by atoms with Crippen LogP contribution in [0, 0.1) is 11.8 Å². The largest absolute Gasteiger partial charge is 0.492 e. The number of hydrogen-bond acceptors (Lipinski definition) is 8. The molecule has 1 fully saturated rings. The van der Waals surface area contributed by atoms with Gasteiger partial charge in [-0.2, -0.15) is 18.2 Å². The molecule has 2 heterocycles. The highest BCUT2D eigenvalue weighted by atomic mass is 19.4. The monoisotopic (exact) mass is 508 g/mol. The molecule has 1 aliphatic rings. The molecule has 0 bridgehead atoms. The maximum atomic E-state index is 12.9. The Bertz CT molecular complexity index is 1150. The van der Waals surface area contributed by atoms with E-state index >= 15 is 0 Å². The molecule has 0 atom stereocenters. The number of halogens is 3. The molecule has 2 aromatic rings. The lowest BCUT2D eigenvalue weighted by Crippen LogP contribution is -2.49. The Kier molecular flexibility index (Phi) is 8.65. The maximum Gasteiger partial charge on any atom is 0.492 e. The van der Waals surface area contributed by atoms with Gasteiger partial charge in [0, 0.05) is 20.1 Å². The quantitative estimate of drug-likeness (QED) is 0.525. The van der Waals surface area contributed by atoms with Crippen LogP contribution in [0.5, 0.6) is 5.75 Å². The van der Waals surface area contributed by atoms with Crippen LogP contribution in [0.2, 0.25) is 0 Å². The van der Waals surface area contributed by atoms with Crippen LogP contribution in [0.3, 0.4) is 0 Å². The van der Waals surface area contributed by atoms with Crippen molar-refractivity contribution in [3.05, 3.63) is 30.0 Å². The van der Waals surface area contributed by atoms with E-state index in [-0.39, 0.29) is 44.2 Å². The second kappa shape index (κ2) is 11.7. The Morgan fingerprint density at radius 1 is 1.17 bits per heavy atom. The van der Waals surface area contributed by atoms with Gasteiger partial charge in [0.25, 0.3) is 5.91 Å². The van der Waals surface area contributed by atoms with Crippen molar-refractivity contribution in [2.75, 3.05) is 50.1 Å². The molecule has 2 N–H and O–H groups in total. The SMILES string of the molecule is CC#CCn1c(N2CCN(OC(=O)C(F)(F)F)CC2)nc(Nc2ccccc2OCC)c1C(=O)NC. The first-order valence-corrected chi connectivity index (χ1v) is 11.2. The van der Waals surface area contributed by atoms with Crippen molar-refractivity contribution in [3.8, 4) is 17.6 Å². The van der Waals surface area contributed by atoms with E-state index in [9.17, 15) is 22.8 Å². The molecule has 0 saturated carbocycles. The topological polar surface area (TPSA) is 101 Å². The summed E-state index contributed by atoms with van der Waals surface area (Å²) >= 11 is 0. The van der Waals surface area contributed by atoms with Gasteiger partial charge >= 0.3 is 12.1 Å². The molecular formula is C23H27F3N6O4. The molecule has 0 radical (unpaired) electrons. The molecule has 10 nitrogen and oxygen atoms in total. The van der Waals surface area contributed by atoms with Crippen LogP contribution in [-0.2, 0) is 16.2 Å². The third-order valence-corrected chi connectivity index (χ3v) is 5.21. The van der Waals surface area contributed by atoms with Crippen molar-refractivity contribution in [1.29, 1.82) is 0 Å². The van der Waals surface area contributed by atoms with Crippen LogP contribution in [0.25, 0.3) is 0 Å². The number of para-hydroxylation sites is 2. The lowest BCUT2D eigenvalue weighted by Gasteiger charge is -2.34. The zero-order valence-electron chi connectivity index (χ0n) is 20.1. The molecule has 1 aliphatic heterocycles.